The van der Waals surface area contributed by atoms with Gasteiger partial charge >= 0.3 is 5.97 Å². The zero-order valence-electron chi connectivity index (χ0n) is 12.3. The van der Waals surface area contributed by atoms with E-state index in [2.05, 4.69) is 4.98 Å². The van der Waals surface area contributed by atoms with Crippen LogP contribution in [0.25, 0.3) is 21.3 Å². The van der Waals surface area contributed by atoms with Crippen molar-refractivity contribution in [3.05, 3.63) is 50.3 Å². The van der Waals surface area contributed by atoms with Crippen molar-refractivity contribution in [1.82, 2.24) is 9.55 Å². The van der Waals surface area contributed by atoms with Crippen LogP contribution in [0.5, 0.6) is 0 Å². The lowest BCUT2D eigenvalue weighted by Gasteiger charge is -2.06. The maximum atomic E-state index is 12.7. The van der Waals surface area contributed by atoms with Crippen molar-refractivity contribution in [1.29, 1.82) is 0 Å². The van der Waals surface area contributed by atoms with E-state index in [1.54, 1.807) is 18.2 Å². The lowest BCUT2D eigenvalue weighted by molar-refractivity contribution is -0.137. The van der Waals surface area contributed by atoms with E-state index in [-0.39, 0.29) is 12.0 Å². The Bertz CT molecular complexity index is 981. The van der Waals surface area contributed by atoms with E-state index in [0.717, 1.165) is 11.1 Å². The predicted molar refractivity (Wildman–Crippen MR) is 96.2 cm³/mol. The molecule has 0 amide bonds. The van der Waals surface area contributed by atoms with Gasteiger partial charge in [0.15, 0.2) is 0 Å². The fourth-order valence-corrected chi connectivity index (χ4v) is 3.61. The highest BCUT2D eigenvalue weighted by atomic mass is 35.5. The first-order valence-electron chi connectivity index (χ1n) is 7.11. The number of hydrogen-bond acceptors (Lipinski definition) is 4. The molecule has 0 saturated heterocycles. The summed E-state index contributed by atoms with van der Waals surface area (Å²) in [6.07, 6.45) is 1.84. The van der Waals surface area contributed by atoms with Crippen molar-refractivity contribution < 1.29 is 9.90 Å². The second kappa shape index (κ2) is 6.93. The Morgan fingerprint density at radius 2 is 2.08 bits per heavy atom. The number of halogens is 2. The molecule has 0 spiro atoms. The quantitative estimate of drug-likeness (QED) is 0.713. The summed E-state index contributed by atoms with van der Waals surface area (Å²) in [4.78, 5) is 28.3. The van der Waals surface area contributed by atoms with Gasteiger partial charge in [-0.25, -0.2) is 4.98 Å². The number of carboxylic acid groups (broad SMARTS) is 1. The van der Waals surface area contributed by atoms with Gasteiger partial charge in [-0.2, -0.15) is 0 Å². The molecular formula is C16H12Cl2N2O3S. The van der Waals surface area contributed by atoms with Gasteiger partial charge in [0.1, 0.15) is 4.83 Å². The maximum absolute atomic E-state index is 12.7. The summed E-state index contributed by atoms with van der Waals surface area (Å²) < 4.78 is 1.44. The lowest BCUT2D eigenvalue weighted by Crippen LogP contribution is -2.20. The minimum absolute atomic E-state index is 0.00770. The number of hydrogen-bond donors (Lipinski definition) is 1. The number of aliphatic carboxylic acids is 1. The SMILES string of the molecule is O=C(O)CCCn1cnc2scc(-c3ccc(Cl)c(Cl)c3)c2c1=O. The van der Waals surface area contributed by atoms with Crippen LogP contribution >= 0.6 is 34.5 Å². The maximum Gasteiger partial charge on any atom is 0.303 e. The first-order valence-corrected chi connectivity index (χ1v) is 8.75. The number of fused-ring (bicyclic) bond motifs is 1. The number of benzene rings is 1. The molecular weight excluding hydrogens is 371 g/mol. The van der Waals surface area contributed by atoms with Crippen molar-refractivity contribution in [2.45, 2.75) is 19.4 Å². The molecule has 8 heteroatoms. The van der Waals surface area contributed by atoms with E-state index in [1.165, 1.54) is 22.2 Å². The minimum Gasteiger partial charge on any atom is -0.481 e. The third kappa shape index (κ3) is 3.31. The molecule has 1 N–H and O–H groups in total. The number of carboxylic acids is 1. The highest BCUT2D eigenvalue weighted by Crippen LogP contribution is 2.34. The molecule has 0 aliphatic heterocycles. The van der Waals surface area contributed by atoms with Gasteiger partial charge in [0.05, 0.1) is 21.8 Å². The number of nitrogens with zero attached hydrogens (tertiary/aromatic N) is 2. The molecule has 0 radical (unpaired) electrons. The van der Waals surface area contributed by atoms with E-state index >= 15 is 0 Å². The van der Waals surface area contributed by atoms with Crippen LogP contribution in [0.1, 0.15) is 12.8 Å². The zero-order chi connectivity index (χ0) is 17.3. The minimum atomic E-state index is -0.885. The number of carbonyl (C=O) groups is 1. The summed E-state index contributed by atoms with van der Waals surface area (Å²) >= 11 is 13.4. The van der Waals surface area contributed by atoms with Crippen LogP contribution < -0.4 is 5.56 Å². The molecule has 0 aliphatic rings. The molecule has 0 fully saturated rings. The van der Waals surface area contributed by atoms with E-state index in [0.29, 0.717) is 33.2 Å². The van der Waals surface area contributed by atoms with Crippen LogP contribution in [-0.4, -0.2) is 20.6 Å². The third-order valence-electron chi connectivity index (χ3n) is 3.58. The van der Waals surface area contributed by atoms with E-state index in [4.69, 9.17) is 28.3 Å². The monoisotopic (exact) mass is 382 g/mol. The van der Waals surface area contributed by atoms with Crippen molar-refractivity contribution in [2.24, 2.45) is 0 Å². The molecule has 1 aromatic carbocycles. The topological polar surface area (TPSA) is 72.2 Å². The Morgan fingerprint density at radius 1 is 1.29 bits per heavy atom. The lowest BCUT2D eigenvalue weighted by atomic mass is 10.1. The Balaban J connectivity index is 2.05. The fraction of sp³-hybridized carbons (Fsp3) is 0.188. The summed E-state index contributed by atoms with van der Waals surface area (Å²) in [6.45, 7) is 0.310. The molecule has 0 saturated carbocycles. The number of aryl methyl sites for hydroxylation is 1. The van der Waals surface area contributed by atoms with Gasteiger partial charge < -0.3 is 5.11 Å². The summed E-state index contributed by atoms with van der Waals surface area (Å²) in [5.41, 5.74) is 1.35. The van der Waals surface area contributed by atoms with Gasteiger partial charge in [-0.1, -0.05) is 29.3 Å². The van der Waals surface area contributed by atoms with Crippen LogP contribution in [0.3, 0.4) is 0 Å². The highest BCUT2D eigenvalue weighted by Gasteiger charge is 2.14. The Labute approximate surface area is 151 Å². The van der Waals surface area contributed by atoms with Gasteiger partial charge in [0, 0.05) is 23.9 Å². The predicted octanol–water partition coefficient (Wildman–Crippen LogP) is 4.30. The molecule has 2 heterocycles. The van der Waals surface area contributed by atoms with E-state index in [9.17, 15) is 9.59 Å². The van der Waals surface area contributed by atoms with Gasteiger partial charge in [-0.3, -0.25) is 14.2 Å². The largest absolute Gasteiger partial charge is 0.481 e. The standard InChI is InChI=1S/C16H12Cl2N2O3S/c17-11-4-3-9(6-12(11)18)10-7-24-15-14(10)16(23)20(8-19-15)5-1-2-13(21)22/h3-4,6-8H,1-2,5H2,(H,21,22). The van der Waals surface area contributed by atoms with Gasteiger partial charge in [-0.05, 0) is 24.1 Å². The van der Waals surface area contributed by atoms with Crippen LogP contribution in [-0.2, 0) is 11.3 Å². The number of aromatic nitrogens is 2. The first-order chi connectivity index (χ1) is 11.5. The molecule has 3 rings (SSSR count). The second-order valence-electron chi connectivity index (χ2n) is 5.20. The summed E-state index contributed by atoms with van der Waals surface area (Å²) in [7, 11) is 0. The number of thiophene rings is 1. The van der Waals surface area contributed by atoms with Crippen LogP contribution in [0.15, 0.2) is 34.7 Å². The Hall–Kier alpha value is -1.89. The molecule has 0 atom stereocenters. The Morgan fingerprint density at radius 3 is 2.79 bits per heavy atom. The fourth-order valence-electron chi connectivity index (χ4n) is 2.40. The van der Waals surface area contributed by atoms with Gasteiger partial charge in [0.2, 0.25) is 0 Å². The molecule has 0 aliphatic carbocycles. The molecule has 124 valence electrons. The molecule has 5 nitrogen and oxygen atoms in total. The van der Waals surface area contributed by atoms with E-state index < -0.39 is 5.97 Å². The average molecular weight is 383 g/mol. The van der Waals surface area contributed by atoms with Crippen LogP contribution in [0.2, 0.25) is 10.0 Å². The zero-order valence-corrected chi connectivity index (χ0v) is 14.7. The summed E-state index contributed by atoms with van der Waals surface area (Å²) in [5.74, 6) is -0.885. The first kappa shape index (κ1) is 17.0. The molecule has 0 bridgehead atoms. The van der Waals surface area contributed by atoms with Gasteiger partial charge in [0.25, 0.3) is 5.56 Å². The smallest absolute Gasteiger partial charge is 0.303 e. The summed E-state index contributed by atoms with van der Waals surface area (Å²) in [6, 6.07) is 5.20. The van der Waals surface area contributed by atoms with Crippen LogP contribution in [0, 0.1) is 0 Å². The molecule has 24 heavy (non-hydrogen) atoms. The van der Waals surface area contributed by atoms with Crippen molar-refractivity contribution in [3.8, 4) is 11.1 Å². The van der Waals surface area contributed by atoms with Crippen molar-refractivity contribution in [3.63, 3.8) is 0 Å². The van der Waals surface area contributed by atoms with Crippen LogP contribution in [0.4, 0.5) is 0 Å². The van der Waals surface area contributed by atoms with E-state index in [1.807, 2.05) is 5.38 Å². The van der Waals surface area contributed by atoms with Crippen molar-refractivity contribution in [2.75, 3.05) is 0 Å². The average Bonchev–Trinajstić information content (AvgIpc) is 2.97. The third-order valence-corrected chi connectivity index (χ3v) is 5.21. The molecule has 2 aromatic heterocycles. The van der Waals surface area contributed by atoms with Crippen molar-refractivity contribution >= 4 is 50.7 Å². The molecule has 3 aromatic rings. The number of rotatable bonds is 5. The summed E-state index contributed by atoms with van der Waals surface area (Å²) in [5, 5.41) is 12.0. The normalized spacial score (nSPS) is 11.1. The molecule has 0 unspecified atom stereocenters. The second-order valence-corrected chi connectivity index (χ2v) is 6.87. The van der Waals surface area contributed by atoms with Gasteiger partial charge in [-0.15, -0.1) is 11.3 Å². The highest BCUT2D eigenvalue weighted by molar-refractivity contribution is 7.17. The Kier molecular flexibility index (Phi) is 4.89.